The summed E-state index contributed by atoms with van der Waals surface area (Å²) >= 11 is 1.91. The Labute approximate surface area is 119 Å². The number of imidazole rings is 1. The van der Waals surface area contributed by atoms with Crippen LogP contribution in [0.4, 0.5) is 0 Å². The molecule has 2 heterocycles. The van der Waals surface area contributed by atoms with Gasteiger partial charge in [0.25, 0.3) is 0 Å². The minimum absolute atomic E-state index is 0.387. The Kier molecular flexibility index (Phi) is 3.82. The zero-order valence-electron chi connectivity index (χ0n) is 11.5. The molecule has 104 valence electrons. The monoisotopic (exact) mass is 278 g/mol. The van der Waals surface area contributed by atoms with Gasteiger partial charge < -0.3 is 9.88 Å². The number of aliphatic imine (C=N–C) groups is 1. The van der Waals surface area contributed by atoms with E-state index in [1.807, 2.05) is 30.5 Å². The van der Waals surface area contributed by atoms with E-state index < -0.39 is 0 Å². The Morgan fingerprint density at radius 2 is 2.32 bits per heavy atom. The van der Waals surface area contributed by atoms with E-state index in [2.05, 4.69) is 21.8 Å². The fourth-order valence-corrected chi connectivity index (χ4v) is 4.30. The third kappa shape index (κ3) is 3.14. The first-order chi connectivity index (χ1) is 9.26. The van der Waals surface area contributed by atoms with Gasteiger partial charge in [-0.2, -0.15) is 0 Å². The highest BCUT2D eigenvalue weighted by Crippen LogP contribution is 2.43. The minimum atomic E-state index is 0.387. The number of aromatic nitrogens is 2. The van der Waals surface area contributed by atoms with Gasteiger partial charge in [-0.3, -0.25) is 4.99 Å². The molecule has 19 heavy (non-hydrogen) atoms. The molecule has 1 aliphatic carbocycles. The first-order valence-corrected chi connectivity index (χ1v) is 8.14. The van der Waals surface area contributed by atoms with Crippen LogP contribution in [0.25, 0.3) is 0 Å². The standard InChI is InChI=1S/C14H22N4S/c1-12(8-18-7-6-15-11-18)17-13-16-9-14(10-19-13)4-2-3-5-14/h6-7,11-12H,2-5,8-10H2,1H3,(H,16,17). The molecule has 1 saturated carbocycles. The SMILES string of the molecule is CC(Cn1ccnc1)NC1=NCC2(CCCC2)CS1. The summed E-state index contributed by atoms with van der Waals surface area (Å²) in [6.07, 6.45) is 11.2. The fourth-order valence-electron chi connectivity index (χ4n) is 3.03. The number of hydrogen-bond donors (Lipinski definition) is 1. The molecule has 1 aliphatic heterocycles. The minimum Gasteiger partial charge on any atom is -0.361 e. The van der Waals surface area contributed by atoms with E-state index in [1.54, 1.807) is 0 Å². The van der Waals surface area contributed by atoms with Crippen LogP contribution in [0.3, 0.4) is 0 Å². The first kappa shape index (κ1) is 13.0. The predicted molar refractivity (Wildman–Crippen MR) is 80.5 cm³/mol. The highest BCUT2D eigenvalue weighted by Gasteiger charge is 2.36. The second kappa shape index (κ2) is 5.57. The molecule has 1 aromatic heterocycles. The maximum Gasteiger partial charge on any atom is 0.156 e. The van der Waals surface area contributed by atoms with E-state index in [1.165, 1.54) is 31.4 Å². The van der Waals surface area contributed by atoms with Crippen molar-refractivity contribution in [3.63, 3.8) is 0 Å². The molecule has 1 spiro atoms. The van der Waals surface area contributed by atoms with Crippen LogP contribution < -0.4 is 5.32 Å². The third-order valence-electron chi connectivity index (χ3n) is 4.15. The quantitative estimate of drug-likeness (QED) is 0.924. The van der Waals surface area contributed by atoms with E-state index in [0.717, 1.165) is 18.3 Å². The molecule has 2 aliphatic rings. The lowest BCUT2D eigenvalue weighted by atomic mass is 9.89. The fraction of sp³-hybridized carbons (Fsp3) is 0.714. The Hall–Kier alpha value is -0.970. The summed E-state index contributed by atoms with van der Waals surface area (Å²) in [7, 11) is 0. The summed E-state index contributed by atoms with van der Waals surface area (Å²) in [5.74, 6) is 1.25. The summed E-state index contributed by atoms with van der Waals surface area (Å²) in [5.41, 5.74) is 0.531. The van der Waals surface area contributed by atoms with Crippen molar-refractivity contribution in [2.75, 3.05) is 12.3 Å². The van der Waals surface area contributed by atoms with E-state index in [0.29, 0.717) is 11.5 Å². The average Bonchev–Trinajstić information content (AvgIpc) is 3.05. The van der Waals surface area contributed by atoms with E-state index in [4.69, 9.17) is 4.99 Å². The molecule has 4 nitrogen and oxygen atoms in total. The van der Waals surface area contributed by atoms with Crippen molar-refractivity contribution in [1.82, 2.24) is 14.9 Å². The maximum atomic E-state index is 4.78. The molecule has 1 N–H and O–H groups in total. The highest BCUT2D eigenvalue weighted by atomic mass is 32.2. The van der Waals surface area contributed by atoms with E-state index >= 15 is 0 Å². The van der Waals surface area contributed by atoms with Crippen LogP contribution in [0.1, 0.15) is 32.6 Å². The van der Waals surface area contributed by atoms with Gasteiger partial charge in [-0.1, -0.05) is 24.6 Å². The molecule has 0 bridgehead atoms. The van der Waals surface area contributed by atoms with Crippen molar-refractivity contribution in [2.45, 2.75) is 45.2 Å². The Balaban J connectivity index is 1.52. The van der Waals surface area contributed by atoms with Crippen LogP contribution in [0.15, 0.2) is 23.7 Å². The number of hydrogen-bond acceptors (Lipinski definition) is 4. The number of amidine groups is 1. The van der Waals surface area contributed by atoms with Crippen LogP contribution in [0.2, 0.25) is 0 Å². The number of nitrogens with one attached hydrogen (secondary N) is 1. The number of thioether (sulfide) groups is 1. The Morgan fingerprint density at radius 1 is 1.47 bits per heavy atom. The van der Waals surface area contributed by atoms with E-state index in [-0.39, 0.29) is 0 Å². The summed E-state index contributed by atoms with van der Waals surface area (Å²) in [6.45, 7) is 4.16. The van der Waals surface area contributed by atoms with Gasteiger partial charge >= 0.3 is 0 Å². The van der Waals surface area contributed by atoms with Gasteiger partial charge in [0.15, 0.2) is 5.17 Å². The van der Waals surface area contributed by atoms with E-state index in [9.17, 15) is 0 Å². The molecular weight excluding hydrogens is 256 g/mol. The molecule has 0 amide bonds. The number of rotatable bonds is 3. The van der Waals surface area contributed by atoms with Gasteiger partial charge in [0, 0.05) is 37.3 Å². The highest BCUT2D eigenvalue weighted by molar-refractivity contribution is 8.13. The molecular formula is C14H22N4S. The molecule has 1 fully saturated rings. The summed E-state index contributed by atoms with van der Waals surface area (Å²) in [4.78, 5) is 8.85. The van der Waals surface area contributed by atoms with Gasteiger partial charge in [-0.05, 0) is 25.2 Å². The lowest BCUT2D eigenvalue weighted by Gasteiger charge is -2.31. The molecule has 1 atom stereocenters. The Bertz CT molecular complexity index is 434. The topological polar surface area (TPSA) is 42.2 Å². The van der Waals surface area contributed by atoms with Crippen molar-refractivity contribution < 1.29 is 0 Å². The molecule has 0 radical (unpaired) electrons. The molecule has 1 unspecified atom stereocenters. The summed E-state index contributed by atoms with van der Waals surface area (Å²) in [6, 6.07) is 0.387. The third-order valence-corrected chi connectivity index (χ3v) is 5.43. The van der Waals surface area contributed by atoms with Crippen molar-refractivity contribution >= 4 is 16.9 Å². The molecule has 1 aromatic rings. The lowest BCUT2D eigenvalue weighted by molar-refractivity contribution is 0.357. The zero-order chi connectivity index (χ0) is 13.1. The van der Waals surface area contributed by atoms with Gasteiger partial charge in [-0.15, -0.1) is 0 Å². The van der Waals surface area contributed by atoms with Gasteiger partial charge in [0.1, 0.15) is 0 Å². The maximum absolute atomic E-state index is 4.78. The van der Waals surface area contributed by atoms with Crippen molar-refractivity contribution in [3.8, 4) is 0 Å². The van der Waals surface area contributed by atoms with Crippen LogP contribution in [0, 0.1) is 5.41 Å². The van der Waals surface area contributed by atoms with Crippen LogP contribution >= 0.6 is 11.8 Å². The first-order valence-electron chi connectivity index (χ1n) is 7.15. The van der Waals surface area contributed by atoms with Crippen LogP contribution in [0.5, 0.6) is 0 Å². The molecule has 0 saturated heterocycles. The normalized spacial score (nSPS) is 23.3. The van der Waals surface area contributed by atoms with Crippen molar-refractivity contribution in [3.05, 3.63) is 18.7 Å². The summed E-state index contributed by atoms with van der Waals surface area (Å²) in [5, 5.41) is 4.66. The van der Waals surface area contributed by atoms with Gasteiger partial charge in [0.05, 0.1) is 6.33 Å². The molecule has 5 heteroatoms. The largest absolute Gasteiger partial charge is 0.361 e. The molecule has 0 aromatic carbocycles. The second-order valence-electron chi connectivity index (χ2n) is 5.92. The zero-order valence-corrected chi connectivity index (χ0v) is 12.3. The average molecular weight is 278 g/mol. The van der Waals surface area contributed by atoms with Crippen molar-refractivity contribution in [1.29, 1.82) is 0 Å². The Morgan fingerprint density at radius 3 is 2.95 bits per heavy atom. The van der Waals surface area contributed by atoms with Crippen LogP contribution in [-0.4, -0.2) is 33.1 Å². The van der Waals surface area contributed by atoms with Crippen molar-refractivity contribution in [2.24, 2.45) is 10.4 Å². The predicted octanol–water partition coefficient (Wildman–Crippen LogP) is 2.52. The second-order valence-corrected chi connectivity index (χ2v) is 6.89. The smallest absolute Gasteiger partial charge is 0.156 e. The summed E-state index contributed by atoms with van der Waals surface area (Å²) < 4.78 is 2.10. The lowest BCUT2D eigenvalue weighted by Crippen LogP contribution is -2.38. The van der Waals surface area contributed by atoms with Crippen LogP contribution in [-0.2, 0) is 6.54 Å². The molecule has 3 rings (SSSR count). The van der Waals surface area contributed by atoms with Gasteiger partial charge in [-0.25, -0.2) is 4.98 Å². The van der Waals surface area contributed by atoms with Gasteiger partial charge in [0.2, 0.25) is 0 Å². The number of nitrogens with zero attached hydrogens (tertiary/aromatic N) is 3.